The molecule has 0 saturated carbocycles. The lowest BCUT2D eigenvalue weighted by atomic mass is 10.2. The van der Waals surface area contributed by atoms with E-state index < -0.39 is 42.3 Å². The molecule has 6 nitrogen and oxygen atoms in total. The minimum absolute atomic E-state index is 0.0225. The molecular formula is C13H17FO6S. The molecular weight excluding hydrogens is 303 g/mol. The van der Waals surface area contributed by atoms with Crippen molar-refractivity contribution in [2.24, 2.45) is 0 Å². The molecule has 0 unspecified atom stereocenters. The van der Waals surface area contributed by atoms with Gasteiger partial charge in [0.25, 0.3) is 10.1 Å². The molecule has 0 aliphatic carbocycles. The molecule has 0 saturated heterocycles. The molecule has 118 valence electrons. The second kappa shape index (κ2) is 8.06. The first-order chi connectivity index (χ1) is 9.85. The normalized spacial score (nSPS) is 12.9. The van der Waals surface area contributed by atoms with Gasteiger partial charge in [0.15, 0.2) is 6.79 Å². The summed E-state index contributed by atoms with van der Waals surface area (Å²) in [4.78, 5) is 10.5. The fourth-order valence-electron chi connectivity index (χ4n) is 1.29. The summed E-state index contributed by atoms with van der Waals surface area (Å²) in [6.07, 6.45) is -1.13. The van der Waals surface area contributed by atoms with E-state index >= 15 is 0 Å². The molecule has 21 heavy (non-hydrogen) atoms. The lowest BCUT2D eigenvalue weighted by molar-refractivity contribution is -0.160. The summed E-state index contributed by atoms with van der Waals surface area (Å²) in [5, 5.41) is 0. The first-order valence-corrected chi connectivity index (χ1v) is 7.53. The van der Waals surface area contributed by atoms with Crippen LogP contribution in [-0.2, 0) is 28.6 Å². The van der Waals surface area contributed by atoms with E-state index in [1.165, 1.54) is 19.1 Å². The van der Waals surface area contributed by atoms with Gasteiger partial charge < -0.3 is 9.47 Å². The van der Waals surface area contributed by atoms with Crippen LogP contribution in [0.2, 0.25) is 0 Å². The number of ether oxygens (including phenoxy) is 2. The minimum Gasteiger partial charge on any atom is -0.439 e. The van der Waals surface area contributed by atoms with Gasteiger partial charge in [-0.25, -0.2) is 4.39 Å². The Bertz CT molecular complexity index is 555. The first kappa shape index (κ1) is 17.5. The smallest absolute Gasteiger partial charge is 0.304 e. The van der Waals surface area contributed by atoms with Crippen molar-refractivity contribution in [3.63, 3.8) is 0 Å². The lowest BCUT2D eigenvalue weighted by Gasteiger charge is -2.14. The van der Waals surface area contributed by atoms with Crippen LogP contribution in [0.1, 0.15) is 12.5 Å². The summed E-state index contributed by atoms with van der Waals surface area (Å²) in [6, 6.07) is 6.05. The van der Waals surface area contributed by atoms with Gasteiger partial charge in [0.05, 0.1) is 11.5 Å². The summed E-state index contributed by atoms with van der Waals surface area (Å²) in [5.41, 5.74) is 0.903. The molecule has 0 spiro atoms. The molecule has 0 heterocycles. The number of carbonyl (C=O) groups is 1. The summed E-state index contributed by atoms with van der Waals surface area (Å²) < 4.78 is 50.4. The third kappa shape index (κ3) is 6.19. The number of aryl methyl sites for hydroxylation is 1. The van der Waals surface area contributed by atoms with Crippen LogP contribution in [0, 0.1) is 6.92 Å². The number of rotatable bonds is 8. The van der Waals surface area contributed by atoms with Gasteiger partial charge in [0.1, 0.15) is 12.8 Å². The van der Waals surface area contributed by atoms with Gasteiger partial charge in [0.2, 0.25) is 0 Å². The van der Waals surface area contributed by atoms with Crippen molar-refractivity contribution >= 4 is 16.1 Å². The minimum atomic E-state index is -3.98. The SMILES string of the molecule is CC(=O)OCO[C@H](CF)COS(=O)(=O)c1ccc(C)cc1. The van der Waals surface area contributed by atoms with Crippen molar-refractivity contribution < 1.29 is 31.3 Å². The molecule has 0 aliphatic rings. The zero-order valence-electron chi connectivity index (χ0n) is 11.7. The van der Waals surface area contributed by atoms with E-state index in [1.54, 1.807) is 12.1 Å². The Balaban J connectivity index is 2.54. The van der Waals surface area contributed by atoms with Crippen molar-refractivity contribution in [2.45, 2.75) is 24.8 Å². The van der Waals surface area contributed by atoms with Gasteiger partial charge >= 0.3 is 5.97 Å². The standard InChI is InChI=1S/C13H17FO6S/c1-10-3-5-13(6-4-10)21(16,17)20-8-12(7-14)19-9-18-11(2)15/h3-6,12H,7-9H2,1-2H3/t12-/m1/s1. The largest absolute Gasteiger partial charge is 0.439 e. The van der Waals surface area contributed by atoms with Crippen molar-refractivity contribution in [1.29, 1.82) is 0 Å². The van der Waals surface area contributed by atoms with E-state index in [9.17, 15) is 17.6 Å². The highest BCUT2D eigenvalue weighted by molar-refractivity contribution is 7.86. The molecule has 0 aliphatic heterocycles. The zero-order chi connectivity index (χ0) is 15.9. The van der Waals surface area contributed by atoms with Crippen LogP contribution in [0.25, 0.3) is 0 Å². The van der Waals surface area contributed by atoms with Crippen molar-refractivity contribution in [3.8, 4) is 0 Å². The average molecular weight is 320 g/mol. The molecule has 1 atom stereocenters. The highest BCUT2D eigenvalue weighted by Crippen LogP contribution is 2.14. The Hall–Kier alpha value is -1.51. The summed E-state index contributed by atoms with van der Waals surface area (Å²) >= 11 is 0. The quantitative estimate of drug-likeness (QED) is 0.411. The number of hydrogen-bond donors (Lipinski definition) is 0. The Morgan fingerprint density at radius 2 is 1.90 bits per heavy atom. The average Bonchev–Trinajstić information content (AvgIpc) is 2.42. The van der Waals surface area contributed by atoms with E-state index in [0.717, 1.165) is 5.56 Å². The van der Waals surface area contributed by atoms with Crippen molar-refractivity contribution in [3.05, 3.63) is 29.8 Å². The van der Waals surface area contributed by atoms with E-state index in [2.05, 4.69) is 4.74 Å². The van der Waals surface area contributed by atoms with Gasteiger partial charge in [-0.3, -0.25) is 8.98 Å². The predicted octanol–water partition coefficient (Wildman–Crippen LogP) is 1.58. The molecule has 1 rings (SSSR count). The Morgan fingerprint density at radius 1 is 1.29 bits per heavy atom. The highest BCUT2D eigenvalue weighted by atomic mass is 32.2. The molecule has 0 fully saturated rings. The molecule has 1 aromatic carbocycles. The maximum Gasteiger partial charge on any atom is 0.304 e. The van der Waals surface area contributed by atoms with E-state index in [1.807, 2.05) is 6.92 Å². The number of carbonyl (C=O) groups excluding carboxylic acids is 1. The van der Waals surface area contributed by atoms with Gasteiger partial charge in [-0.05, 0) is 19.1 Å². The number of esters is 1. The Morgan fingerprint density at radius 3 is 2.43 bits per heavy atom. The molecule has 0 N–H and O–H groups in total. The van der Waals surface area contributed by atoms with Crippen molar-refractivity contribution in [1.82, 2.24) is 0 Å². The van der Waals surface area contributed by atoms with E-state index in [0.29, 0.717) is 0 Å². The third-order valence-corrected chi connectivity index (χ3v) is 3.75. The van der Waals surface area contributed by atoms with Crippen LogP contribution in [0.15, 0.2) is 29.2 Å². The molecule has 0 aromatic heterocycles. The van der Waals surface area contributed by atoms with Crippen LogP contribution in [0.5, 0.6) is 0 Å². The summed E-state index contributed by atoms with van der Waals surface area (Å²) in [6.45, 7) is 1.06. The van der Waals surface area contributed by atoms with Gasteiger partial charge in [-0.1, -0.05) is 17.7 Å². The van der Waals surface area contributed by atoms with Crippen LogP contribution < -0.4 is 0 Å². The molecule has 1 aromatic rings. The third-order valence-electron chi connectivity index (χ3n) is 2.46. The number of hydrogen-bond acceptors (Lipinski definition) is 6. The molecule has 0 bridgehead atoms. The lowest BCUT2D eigenvalue weighted by Crippen LogP contribution is -2.26. The molecule has 0 radical (unpaired) electrons. The summed E-state index contributed by atoms with van der Waals surface area (Å²) in [7, 11) is -3.98. The Kier molecular flexibility index (Phi) is 6.73. The zero-order valence-corrected chi connectivity index (χ0v) is 12.6. The maximum atomic E-state index is 12.7. The topological polar surface area (TPSA) is 78.9 Å². The second-order valence-electron chi connectivity index (χ2n) is 4.25. The first-order valence-electron chi connectivity index (χ1n) is 6.12. The Labute approximate surface area is 122 Å². The van der Waals surface area contributed by atoms with Gasteiger partial charge in [0, 0.05) is 6.92 Å². The van der Waals surface area contributed by atoms with Crippen molar-refractivity contribution in [2.75, 3.05) is 20.1 Å². The molecule has 0 amide bonds. The van der Waals surface area contributed by atoms with E-state index in [4.69, 9.17) is 8.92 Å². The number of alkyl halides is 1. The van der Waals surface area contributed by atoms with Crippen LogP contribution in [-0.4, -0.2) is 40.6 Å². The van der Waals surface area contributed by atoms with Gasteiger partial charge in [-0.2, -0.15) is 8.42 Å². The number of halogens is 1. The van der Waals surface area contributed by atoms with Crippen LogP contribution >= 0.6 is 0 Å². The van der Waals surface area contributed by atoms with Crippen LogP contribution in [0.3, 0.4) is 0 Å². The van der Waals surface area contributed by atoms with Crippen LogP contribution in [0.4, 0.5) is 4.39 Å². The fourth-order valence-corrected chi connectivity index (χ4v) is 2.23. The predicted molar refractivity (Wildman–Crippen MR) is 71.8 cm³/mol. The maximum absolute atomic E-state index is 12.7. The molecule has 8 heteroatoms. The summed E-state index contributed by atoms with van der Waals surface area (Å²) in [5.74, 6) is -0.583. The number of benzene rings is 1. The fraction of sp³-hybridized carbons (Fsp3) is 0.462. The van der Waals surface area contributed by atoms with Gasteiger partial charge in [-0.15, -0.1) is 0 Å². The highest BCUT2D eigenvalue weighted by Gasteiger charge is 2.19. The van der Waals surface area contributed by atoms with E-state index in [-0.39, 0.29) is 4.90 Å². The second-order valence-corrected chi connectivity index (χ2v) is 5.86. The monoisotopic (exact) mass is 320 g/mol.